The molecule has 0 saturated carbocycles. The van der Waals surface area contributed by atoms with Gasteiger partial charge in [0, 0.05) is 37.8 Å². The van der Waals surface area contributed by atoms with Gasteiger partial charge in [-0.05, 0) is 36.8 Å². The number of guanidine groups is 1. The number of nitrogens with zero attached hydrogens (tertiary/aromatic N) is 2. The second kappa shape index (κ2) is 12.2. The molecule has 0 spiro atoms. The summed E-state index contributed by atoms with van der Waals surface area (Å²) in [7, 11) is 0. The summed E-state index contributed by atoms with van der Waals surface area (Å²) in [6, 6.07) is 20.4. The van der Waals surface area contributed by atoms with E-state index in [1.54, 1.807) is 6.26 Å². The van der Waals surface area contributed by atoms with Crippen LogP contribution in [0, 0.1) is 0 Å². The molecule has 0 aliphatic rings. The summed E-state index contributed by atoms with van der Waals surface area (Å²) >= 11 is 0. The van der Waals surface area contributed by atoms with Crippen LogP contribution in [0.5, 0.6) is 0 Å². The molecule has 1 aromatic carbocycles. The van der Waals surface area contributed by atoms with E-state index in [1.807, 2.05) is 42.6 Å². The quantitative estimate of drug-likeness (QED) is 0.280. The van der Waals surface area contributed by atoms with Crippen molar-refractivity contribution in [2.24, 2.45) is 4.99 Å². The third kappa shape index (κ3) is 7.34. The first-order valence-corrected chi connectivity index (χ1v) is 9.33. The van der Waals surface area contributed by atoms with Crippen LogP contribution >= 0.6 is 24.0 Å². The van der Waals surface area contributed by atoms with Crippen molar-refractivity contribution in [1.82, 2.24) is 15.6 Å². The molecule has 3 rings (SSSR count). The molecule has 2 aromatic heterocycles. The first-order valence-electron chi connectivity index (χ1n) is 9.33. The van der Waals surface area contributed by atoms with E-state index in [9.17, 15) is 0 Å². The fourth-order valence-electron chi connectivity index (χ4n) is 2.77. The third-order valence-electron chi connectivity index (χ3n) is 4.26. The summed E-state index contributed by atoms with van der Waals surface area (Å²) < 4.78 is 5.39. The summed E-state index contributed by atoms with van der Waals surface area (Å²) in [4.78, 5) is 9.08. The minimum absolute atomic E-state index is 0. The van der Waals surface area contributed by atoms with Gasteiger partial charge >= 0.3 is 0 Å². The van der Waals surface area contributed by atoms with Gasteiger partial charge in [0.25, 0.3) is 0 Å². The summed E-state index contributed by atoms with van der Waals surface area (Å²) in [5.74, 6) is 1.75. The van der Waals surface area contributed by atoms with Crippen molar-refractivity contribution in [1.29, 1.82) is 0 Å². The lowest BCUT2D eigenvalue weighted by Crippen LogP contribution is -2.40. The third-order valence-corrected chi connectivity index (χ3v) is 4.26. The minimum atomic E-state index is 0. The molecule has 0 fully saturated rings. The van der Waals surface area contributed by atoms with Crippen LogP contribution in [0.1, 0.15) is 30.0 Å². The lowest BCUT2D eigenvalue weighted by Gasteiger charge is -2.18. The maximum Gasteiger partial charge on any atom is 0.191 e. The highest BCUT2D eigenvalue weighted by atomic mass is 127. The Bertz CT molecular complexity index is 807. The van der Waals surface area contributed by atoms with Crippen molar-refractivity contribution in [2.45, 2.75) is 25.8 Å². The van der Waals surface area contributed by atoms with E-state index in [4.69, 9.17) is 9.41 Å². The van der Waals surface area contributed by atoms with E-state index in [0.29, 0.717) is 6.54 Å². The molecule has 0 aliphatic carbocycles. The zero-order chi connectivity index (χ0) is 18.7. The molecular weight excluding hydrogens is 463 g/mol. The number of benzene rings is 1. The van der Waals surface area contributed by atoms with Gasteiger partial charge < -0.3 is 15.1 Å². The van der Waals surface area contributed by atoms with Crippen molar-refractivity contribution in [3.05, 3.63) is 90.1 Å². The normalized spacial score (nSPS) is 12.1. The van der Waals surface area contributed by atoms with Crippen LogP contribution in [0.2, 0.25) is 0 Å². The summed E-state index contributed by atoms with van der Waals surface area (Å²) in [6.07, 6.45) is 5.14. The first-order chi connectivity index (χ1) is 13.3. The monoisotopic (exact) mass is 490 g/mol. The maximum absolute atomic E-state index is 5.39. The van der Waals surface area contributed by atoms with Gasteiger partial charge in [-0.2, -0.15) is 0 Å². The number of aromatic nitrogens is 1. The fraction of sp³-hybridized carbons (Fsp3) is 0.273. The van der Waals surface area contributed by atoms with Crippen LogP contribution in [-0.2, 0) is 12.8 Å². The molecule has 0 aliphatic heterocycles. The zero-order valence-corrected chi connectivity index (χ0v) is 18.4. The summed E-state index contributed by atoms with van der Waals surface area (Å²) in [5.41, 5.74) is 2.29. The molecule has 28 heavy (non-hydrogen) atoms. The lowest BCUT2D eigenvalue weighted by molar-refractivity contribution is 0.510. The van der Waals surface area contributed by atoms with Crippen molar-refractivity contribution >= 4 is 29.9 Å². The van der Waals surface area contributed by atoms with Crippen LogP contribution in [0.25, 0.3) is 0 Å². The van der Waals surface area contributed by atoms with Crippen molar-refractivity contribution in [2.75, 3.05) is 13.1 Å². The average Bonchev–Trinajstić information content (AvgIpc) is 3.23. The highest BCUT2D eigenvalue weighted by Gasteiger charge is 2.08. The van der Waals surface area contributed by atoms with E-state index in [0.717, 1.165) is 36.8 Å². The molecule has 0 radical (unpaired) electrons. The number of rotatable bonds is 8. The highest BCUT2D eigenvalue weighted by Crippen LogP contribution is 2.10. The van der Waals surface area contributed by atoms with Gasteiger partial charge in [0.15, 0.2) is 5.96 Å². The Balaban J connectivity index is 0.00000280. The largest absolute Gasteiger partial charge is 0.469 e. The Labute approximate surface area is 183 Å². The van der Waals surface area contributed by atoms with E-state index >= 15 is 0 Å². The van der Waals surface area contributed by atoms with Gasteiger partial charge in [-0.15, -0.1) is 24.0 Å². The van der Waals surface area contributed by atoms with Gasteiger partial charge in [0.05, 0.1) is 12.3 Å². The van der Waals surface area contributed by atoms with E-state index < -0.39 is 0 Å². The van der Waals surface area contributed by atoms with Crippen LogP contribution < -0.4 is 10.6 Å². The SMILES string of the molecule is CC(NC(=NCCc1ccco1)NCCc1ccccn1)c1ccccc1.I. The Morgan fingerprint density at radius 2 is 1.86 bits per heavy atom. The van der Waals surface area contributed by atoms with E-state index in [1.165, 1.54) is 5.56 Å². The topological polar surface area (TPSA) is 62.5 Å². The number of furan rings is 1. The molecule has 1 unspecified atom stereocenters. The van der Waals surface area contributed by atoms with Crippen LogP contribution in [-0.4, -0.2) is 24.0 Å². The Kier molecular flexibility index (Phi) is 9.54. The molecule has 148 valence electrons. The van der Waals surface area contributed by atoms with Gasteiger partial charge in [-0.25, -0.2) is 0 Å². The lowest BCUT2D eigenvalue weighted by atomic mass is 10.1. The second-order valence-corrected chi connectivity index (χ2v) is 6.33. The molecule has 0 bridgehead atoms. The standard InChI is InChI=1S/C22H26N4O.HI/c1-18(19-8-3-2-4-9-19)26-22(25-16-13-21-11-7-17-27-21)24-15-12-20-10-5-6-14-23-20;/h2-11,14,17-18H,12-13,15-16H2,1H3,(H2,24,25,26);1H. The van der Waals surface area contributed by atoms with Crippen molar-refractivity contribution in [3.8, 4) is 0 Å². The highest BCUT2D eigenvalue weighted by molar-refractivity contribution is 14.0. The number of hydrogen-bond acceptors (Lipinski definition) is 3. The molecule has 2 heterocycles. The van der Waals surface area contributed by atoms with Crippen molar-refractivity contribution in [3.63, 3.8) is 0 Å². The molecule has 1 atom stereocenters. The first kappa shape index (κ1) is 21.9. The summed E-state index contributed by atoms with van der Waals surface area (Å²) in [6.45, 7) is 3.57. The Hall–Kier alpha value is -2.35. The maximum atomic E-state index is 5.39. The molecule has 0 amide bonds. The van der Waals surface area contributed by atoms with Gasteiger partial charge in [0.1, 0.15) is 5.76 Å². The fourth-order valence-corrected chi connectivity index (χ4v) is 2.77. The minimum Gasteiger partial charge on any atom is -0.469 e. The molecular formula is C22H27IN4O. The molecule has 2 N–H and O–H groups in total. The van der Waals surface area contributed by atoms with Gasteiger partial charge in [0.2, 0.25) is 0 Å². The molecule has 6 heteroatoms. The number of nitrogens with one attached hydrogen (secondary N) is 2. The van der Waals surface area contributed by atoms with Crippen LogP contribution in [0.15, 0.2) is 82.5 Å². The molecule has 0 saturated heterocycles. The van der Waals surface area contributed by atoms with E-state index in [-0.39, 0.29) is 30.0 Å². The van der Waals surface area contributed by atoms with Gasteiger partial charge in [-0.3, -0.25) is 9.98 Å². The average molecular weight is 490 g/mol. The predicted molar refractivity (Wildman–Crippen MR) is 124 cm³/mol. The second-order valence-electron chi connectivity index (χ2n) is 6.33. The number of pyridine rings is 1. The molecule has 5 nitrogen and oxygen atoms in total. The number of aliphatic imine (C=N–C) groups is 1. The van der Waals surface area contributed by atoms with Crippen molar-refractivity contribution < 1.29 is 4.42 Å². The summed E-state index contributed by atoms with van der Waals surface area (Å²) in [5, 5.41) is 6.90. The number of hydrogen-bond donors (Lipinski definition) is 2. The van der Waals surface area contributed by atoms with Crippen LogP contribution in [0.4, 0.5) is 0 Å². The smallest absolute Gasteiger partial charge is 0.191 e. The van der Waals surface area contributed by atoms with Crippen LogP contribution in [0.3, 0.4) is 0 Å². The van der Waals surface area contributed by atoms with E-state index in [2.05, 4.69) is 46.8 Å². The van der Waals surface area contributed by atoms with Gasteiger partial charge in [-0.1, -0.05) is 36.4 Å². The zero-order valence-electron chi connectivity index (χ0n) is 16.0. The Morgan fingerprint density at radius 3 is 2.57 bits per heavy atom. The molecule has 3 aromatic rings. The Morgan fingerprint density at radius 1 is 1.04 bits per heavy atom. The number of halogens is 1. The predicted octanol–water partition coefficient (Wildman–Crippen LogP) is 4.37.